The van der Waals surface area contributed by atoms with E-state index in [2.05, 4.69) is 20.7 Å². The van der Waals surface area contributed by atoms with Crippen molar-refractivity contribution in [1.82, 2.24) is 0 Å². The third-order valence-electron chi connectivity index (χ3n) is 3.33. The molecule has 0 spiro atoms. The fourth-order valence-electron chi connectivity index (χ4n) is 2.04. The molecule has 2 aromatic rings. The van der Waals surface area contributed by atoms with Gasteiger partial charge >= 0.3 is 5.97 Å². The van der Waals surface area contributed by atoms with Gasteiger partial charge in [0, 0.05) is 0 Å². The molecule has 0 saturated carbocycles. The van der Waals surface area contributed by atoms with Gasteiger partial charge in [-0.05, 0) is 58.4 Å². The average Bonchev–Trinajstić information content (AvgIpc) is 2.60. The van der Waals surface area contributed by atoms with Crippen LogP contribution in [0.15, 0.2) is 51.8 Å². The summed E-state index contributed by atoms with van der Waals surface area (Å²) in [5, 5.41) is 0. The SMILES string of the molecule is COC(=O)CN(c1ccc(F)cc1)S(=O)(=O)c1ccc(OC)c(Br)c1. The maximum Gasteiger partial charge on any atom is 0.326 e. The number of rotatable bonds is 6. The van der Waals surface area contributed by atoms with Gasteiger partial charge in [0.25, 0.3) is 10.0 Å². The number of hydrogen-bond acceptors (Lipinski definition) is 5. The second-order valence-corrected chi connectivity index (χ2v) is 7.58. The van der Waals surface area contributed by atoms with Crippen LogP contribution in [0, 0.1) is 5.82 Å². The molecule has 9 heteroatoms. The Morgan fingerprint density at radius 2 is 1.80 bits per heavy atom. The van der Waals surface area contributed by atoms with Crippen LogP contribution in [0.1, 0.15) is 0 Å². The molecule has 0 aliphatic heterocycles. The minimum Gasteiger partial charge on any atom is -0.496 e. The highest BCUT2D eigenvalue weighted by Crippen LogP contribution is 2.30. The summed E-state index contributed by atoms with van der Waals surface area (Å²) >= 11 is 3.23. The summed E-state index contributed by atoms with van der Waals surface area (Å²) < 4.78 is 50.1. The lowest BCUT2D eigenvalue weighted by Gasteiger charge is -2.23. The fourth-order valence-corrected chi connectivity index (χ4v) is 4.17. The summed E-state index contributed by atoms with van der Waals surface area (Å²) in [6, 6.07) is 8.97. The van der Waals surface area contributed by atoms with Gasteiger partial charge in [0.1, 0.15) is 18.1 Å². The highest BCUT2D eigenvalue weighted by Gasteiger charge is 2.28. The van der Waals surface area contributed by atoms with Crippen molar-refractivity contribution in [1.29, 1.82) is 0 Å². The Labute approximate surface area is 153 Å². The summed E-state index contributed by atoms with van der Waals surface area (Å²) in [6.45, 7) is -0.548. The van der Waals surface area contributed by atoms with Crippen LogP contribution in [0.4, 0.5) is 10.1 Å². The van der Waals surface area contributed by atoms with Crippen LogP contribution < -0.4 is 9.04 Å². The molecular weight excluding hydrogens is 417 g/mol. The van der Waals surface area contributed by atoms with Crippen molar-refractivity contribution in [2.24, 2.45) is 0 Å². The van der Waals surface area contributed by atoms with Crippen LogP contribution in [0.3, 0.4) is 0 Å². The lowest BCUT2D eigenvalue weighted by molar-refractivity contribution is -0.138. The van der Waals surface area contributed by atoms with E-state index in [9.17, 15) is 17.6 Å². The van der Waals surface area contributed by atoms with E-state index in [4.69, 9.17) is 4.74 Å². The maximum atomic E-state index is 13.2. The maximum absolute atomic E-state index is 13.2. The van der Waals surface area contributed by atoms with Crippen molar-refractivity contribution in [3.05, 3.63) is 52.8 Å². The first-order valence-electron chi connectivity index (χ1n) is 6.98. The molecule has 0 unspecified atom stereocenters. The van der Waals surface area contributed by atoms with E-state index in [0.29, 0.717) is 10.2 Å². The smallest absolute Gasteiger partial charge is 0.326 e. The van der Waals surface area contributed by atoms with Crippen LogP contribution in [-0.4, -0.2) is 35.2 Å². The third-order valence-corrected chi connectivity index (χ3v) is 5.72. The topological polar surface area (TPSA) is 72.9 Å². The summed E-state index contributed by atoms with van der Waals surface area (Å²) in [7, 11) is -1.49. The zero-order valence-corrected chi connectivity index (χ0v) is 15.8. The molecular formula is C16H15BrFNO5S. The molecule has 0 bridgehead atoms. The molecule has 2 rings (SSSR count). The fraction of sp³-hybridized carbons (Fsp3) is 0.188. The number of benzene rings is 2. The summed E-state index contributed by atoms with van der Waals surface area (Å²) in [4.78, 5) is 11.6. The van der Waals surface area contributed by atoms with Gasteiger partial charge in [0.2, 0.25) is 0 Å². The number of carbonyl (C=O) groups excluding carboxylic acids is 1. The molecule has 0 atom stereocenters. The number of nitrogens with zero attached hydrogens (tertiary/aromatic N) is 1. The summed E-state index contributed by atoms with van der Waals surface area (Å²) in [5.74, 6) is -0.813. The number of hydrogen-bond donors (Lipinski definition) is 0. The molecule has 0 saturated heterocycles. The van der Waals surface area contributed by atoms with Crippen LogP contribution >= 0.6 is 15.9 Å². The Hall–Kier alpha value is -2.13. The molecule has 0 aromatic heterocycles. The minimum atomic E-state index is -4.10. The molecule has 0 N–H and O–H groups in total. The second kappa shape index (κ2) is 7.83. The first-order valence-corrected chi connectivity index (χ1v) is 9.21. The van der Waals surface area contributed by atoms with Crippen LogP contribution in [0.2, 0.25) is 0 Å². The standard InChI is InChI=1S/C16H15BrFNO5S/c1-23-15-8-7-13(9-14(15)17)25(21,22)19(10-16(20)24-2)12-5-3-11(18)4-6-12/h3-9H,10H2,1-2H3. The number of sulfonamides is 1. The number of carbonyl (C=O) groups is 1. The van der Waals surface area contributed by atoms with Crippen molar-refractivity contribution >= 4 is 37.6 Å². The number of ether oxygens (including phenoxy) is 2. The number of halogens is 2. The Balaban J connectivity index is 2.52. The molecule has 0 fully saturated rings. The number of esters is 1. The monoisotopic (exact) mass is 431 g/mol. The molecule has 25 heavy (non-hydrogen) atoms. The Kier molecular flexibility index (Phi) is 6.02. The molecule has 0 aliphatic carbocycles. The van der Waals surface area contributed by atoms with Crippen molar-refractivity contribution < 1.29 is 27.1 Å². The van der Waals surface area contributed by atoms with Crippen molar-refractivity contribution in [3.8, 4) is 5.75 Å². The van der Waals surface area contributed by atoms with Gasteiger partial charge in [-0.2, -0.15) is 0 Å². The third kappa shape index (κ3) is 4.29. The van der Waals surface area contributed by atoms with Crippen LogP contribution in [-0.2, 0) is 19.6 Å². The van der Waals surface area contributed by atoms with E-state index in [1.807, 2.05) is 0 Å². The molecule has 0 amide bonds. The van der Waals surface area contributed by atoms with E-state index in [1.54, 1.807) is 0 Å². The van der Waals surface area contributed by atoms with E-state index in [1.165, 1.54) is 37.4 Å². The zero-order valence-electron chi connectivity index (χ0n) is 13.4. The molecule has 0 radical (unpaired) electrons. The van der Waals surface area contributed by atoms with Gasteiger partial charge < -0.3 is 9.47 Å². The van der Waals surface area contributed by atoms with Crippen molar-refractivity contribution in [2.45, 2.75) is 4.90 Å². The van der Waals surface area contributed by atoms with E-state index >= 15 is 0 Å². The summed E-state index contributed by atoms with van der Waals surface area (Å²) in [6.07, 6.45) is 0. The Morgan fingerprint density at radius 1 is 1.16 bits per heavy atom. The lowest BCUT2D eigenvalue weighted by Crippen LogP contribution is -2.36. The first kappa shape index (κ1) is 19.2. The van der Waals surface area contributed by atoms with Crippen molar-refractivity contribution in [3.63, 3.8) is 0 Å². The molecule has 2 aromatic carbocycles. The predicted molar refractivity (Wildman–Crippen MR) is 93.6 cm³/mol. The Morgan fingerprint density at radius 3 is 2.32 bits per heavy atom. The Bertz CT molecular complexity index is 871. The second-order valence-electron chi connectivity index (χ2n) is 4.86. The van der Waals surface area contributed by atoms with Gasteiger partial charge in [0.15, 0.2) is 0 Å². The van der Waals surface area contributed by atoms with Gasteiger partial charge in [-0.1, -0.05) is 0 Å². The molecule has 6 nitrogen and oxygen atoms in total. The molecule has 0 aliphatic rings. The quantitative estimate of drug-likeness (QED) is 0.657. The normalized spacial score (nSPS) is 11.0. The number of methoxy groups -OCH3 is 2. The first-order chi connectivity index (χ1) is 11.8. The predicted octanol–water partition coefficient (Wildman–Crippen LogP) is 2.97. The van der Waals surface area contributed by atoms with E-state index < -0.39 is 28.4 Å². The highest BCUT2D eigenvalue weighted by atomic mass is 79.9. The zero-order chi connectivity index (χ0) is 18.6. The largest absolute Gasteiger partial charge is 0.496 e. The van der Waals surface area contributed by atoms with Crippen molar-refractivity contribution in [2.75, 3.05) is 25.1 Å². The number of anilines is 1. The highest BCUT2D eigenvalue weighted by molar-refractivity contribution is 9.10. The lowest BCUT2D eigenvalue weighted by atomic mass is 10.3. The summed E-state index contributed by atoms with van der Waals surface area (Å²) in [5.41, 5.74) is 0.138. The van der Waals surface area contributed by atoms with Crippen LogP contribution in [0.25, 0.3) is 0 Å². The van der Waals surface area contributed by atoms with E-state index in [-0.39, 0.29) is 10.6 Å². The van der Waals surface area contributed by atoms with Crippen LogP contribution in [0.5, 0.6) is 5.75 Å². The minimum absolute atomic E-state index is 0.0617. The molecule has 134 valence electrons. The van der Waals surface area contributed by atoms with Gasteiger partial charge in [-0.3, -0.25) is 9.10 Å². The van der Waals surface area contributed by atoms with E-state index in [0.717, 1.165) is 23.5 Å². The average molecular weight is 432 g/mol. The molecule has 0 heterocycles. The van der Waals surface area contributed by atoms with Gasteiger partial charge in [0.05, 0.1) is 29.3 Å². The van der Waals surface area contributed by atoms with Gasteiger partial charge in [-0.15, -0.1) is 0 Å². The van der Waals surface area contributed by atoms with Gasteiger partial charge in [-0.25, -0.2) is 12.8 Å².